The molecule has 0 amide bonds. The van der Waals surface area contributed by atoms with Crippen LogP contribution < -0.4 is 4.90 Å². The molecule has 0 unspecified atom stereocenters. The number of alkyl halides is 3. The Balaban J connectivity index is 1.60. The van der Waals surface area contributed by atoms with Gasteiger partial charge >= 0.3 is 6.18 Å². The van der Waals surface area contributed by atoms with Crippen molar-refractivity contribution >= 4 is 17.9 Å². The van der Waals surface area contributed by atoms with Crippen LogP contribution in [0.15, 0.2) is 35.4 Å². The van der Waals surface area contributed by atoms with Gasteiger partial charge in [0.2, 0.25) is 5.95 Å². The second-order valence-electron chi connectivity index (χ2n) is 8.51. The zero-order valence-electron chi connectivity index (χ0n) is 18.6. The molecule has 1 saturated heterocycles. The molecule has 0 saturated carbocycles. The smallest absolute Gasteiger partial charge is 0.341 e. The van der Waals surface area contributed by atoms with Crippen molar-refractivity contribution < 1.29 is 13.2 Å². The summed E-state index contributed by atoms with van der Waals surface area (Å²) >= 11 is 1.35. The molecule has 1 aromatic heterocycles. The summed E-state index contributed by atoms with van der Waals surface area (Å²) in [6, 6.07) is 6.61. The number of hydrogen-bond acceptors (Lipinski definition) is 5. The maximum Gasteiger partial charge on any atom is 0.416 e. The standard InChI is InChI=1S/C23H31F3N4S/c1-16(2)19-8-7-18(15-20(19)23(24,25)26)31-29(4)14-10-17(3)21-9-11-27-22(28-21)30-12-5-6-13-30/h7-9,11,15-17H,5-6,10,12-14H2,1-4H3/t17-/m0/s1. The van der Waals surface area contributed by atoms with Crippen LogP contribution in [0.4, 0.5) is 19.1 Å². The summed E-state index contributed by atoms with van der Waals surface area (Å²) < 4.78 is 42.4. The molecule has 0 aliphatic carbocycles. The summed E-state index contributed by atoms with van der Waals surface area (Å²) in [4.78, 5) is 12.0. The van der Waals surface area contributed by atoms with Crippen LogP contribution in [0.25, 0.3) is 0 Å². The molecule has 1 aliphatic rings. The van der Waals surface area contributed by atoms with Gasteiger partial charge in [0, 0.05) is 36.4 Å². The molecule has 8 heteroatoms. The molecule has 0 bridgehead atoms. The Labute approximate surface area is 187 Å². The zero-order chi connectivity index (χ0) is 22.6. The highest BCUT2D eigenvalue weighted by molar-refractivity contribution is 7.97. The van der Waals surface area contributed by atoms with Gasteiger partial charge < -0.3 is 4.90 Å². The van der Waals surface area contributed by atoms with Crippen LogP contribution in [0, 0.1) is 0 Å². The summed E-state index contributed by atoms with van der Waals surface area (Å²) in [5.41, 5.74) is 0.811. The molecule has 4 nitrogen and oxygen atoms in total. The number of rotatable bonds is 8. The lowest BCUT2D eigenvalue weighted by atomic mass is 9.97. The molecule has 3 rings (SSSR count). The molecule has 2 heterocycles. The molecule has 2 aromatic rings. The Morgan fingerprint density at radius 2 is 1.84 bits per heavy atom. The normalized spacial score (nSPS) is 15.8. The molecular weight excluding hydrogens is 421 g/mol. The van der Waals surface area contributed by atoms with Crippen LogP contribution in [0.1, 0.15) is 68.7 Å². The number of nitrogens with zero attached hydrogens (tertiary/aromatic N) is 4. The van der Waals surface area contributed by atoms with Crippen LogP contribution in [0.3, 0.4) is 0 Å². The van der Waals surface area contributed by atoms with E-state index >= 15 is 0 Å². The van der Waals surface area contributed by atoms with Crippen LogP contribution in [-0.2, 0) is 6.18 Å². The quantitative estimate of drug-likeness (QED) is 0.436. The molecule has 1 aromatic carbocycles. The Morgan fingerprint density at radius 3 is 2.48 bits per heavy atom. The Morgan fingerprint density at radius 1 is 1.13 bits per heavy atom. The van der Waals surface area contributed by atoms with Gasteiger partial charge in [-0.1, -0.05) is 26.8 Å². The SMILES string of the molecule is CC(C)c1ccc(SN(C)CC[C@H](C)c2ccnc(N3CCCC3)n2)cc1C(F)(F)F. The first-order valence-corrected chi connectivity index (χ1v) is 11.6. The molecule has 1 fully saturated rings. The first-order chi connectivity index (χ1) is 14.6. The van der Waals surface area contributed by atoms with E-state index in [-0.39, 0.29) is 11.8 Å². The Bertz CT molecular complexity index is 866. The van der Waals surface area contributed by atoms with Crippen molar-refractivity contribution in [2.24, 2.45) is 0 Å². The van der Waals surface area contributed by atoms with E-state index in [2.05, 4.69) is 16.8 Å². The van der Waals surface area contributed by atoms with Crippen LogP contribution in [0.2, 0.25) is 0 Å². The molecule has 0 spiro atoms. The number of hydrogen-bond donors (Lipinski definition) is 0. The third-order valence-corrected chi connectivity index (χ3v) is 6.61. The number of aromatic nitrogens is 2. The summed E-state index contributed by atoms with van der Waals surface area (Å²) in [5.74, 6) is 0.864. The summed E-state index contributed by atoms with van der Waals surface area (Å²) in [5, 5.41) is 0. The summed E-state index contributed by atoms with van der Waals surface area (Å²) in [6.07, 6.45) is 0.693. The van der Waals surface area contributed by atoms with Gasteiger partial charge in [-0.05, 0) is 73.9 Å². The van der Waals surface area contributed by atoms with Gasteiger partial charge in [0.1, 0.15) is 0 Å². The third kappa shape index (κ3) is 6.35. The average molecular weight is 453 g/mol. The van der Waals surface area contributed by atoms with E-state index in [4.69, 9.17) is 4.98 Å². The van der Waals surface area contributed by atoms with E-state index in [1.165, 1.54) is 30.9 Å². The second kappa shape index (κ2) is 10.2. The fraction of sp³-hybridized carbons (Fsp3) is 0.565. The van der Waals surface area contributed by atoms with Gasteiger partial charge in [-0.3, -0.25) is 0 Å². The fourth-order valence-electron chi connectivity index (χ4n) is 3.80. The van der Waals surface area contributed by atoms with Gasteiger partial charge in [-0.2, -0.15) is 13.2 Å². The fourth-order valence-corrected chi connectivity index (χ4v) is 4.65. The van der Waals surface area contributed by atoms with Crippen LogP contribution in [0.5, 0.6) is 0 Å². The summed E-state index contributed by atoms with van der Waals surface area (Å²) in [7, 11) is 1.91. The van der Waals surface area contributed by atoms with Crippen molar-refractivity contribution in [2.45, 2.75) is 62.9 Å². The highest BCUT2D eigenvalue weighted by atomic mass is 32.2. The monoisotopic (exact) mass is 452 g/mol. The third-order valence-electron chi connectivity index (χ3n) is 5.65. The van der Waals surface area contributed by atoms with Crippen LogP contribution in [-0.4, -0.2) is 41.0 Å². The predicted octanol–water partition coefficient (Wildman–Crippen LogP) is 6.35. The predicted molar refractivity (Wildman–Crippen MR) is 121 cm³/mol. The first-order valence-electron chi connectivity index (χ1n) is 10.8. The number of benzene rings is 1. The average Bonchev–Trinajstić information content (AvgIpc) is 3.26. The molecular formula is C23H31F3N4S. The largest absolute Gasteiger partial charge is 0.416 e. The van der Waals surface area contributed by atoms with E-state index in [0.29, 0.717) is 10.5 Å². The maximum absolute atomic E-state index is 13.5. The molecule has 1 atom stereocenters. The molecule has 0 N–H and O–H groups in total. The van der Waals surface area contributed by atoms with Crippen molar-refractivity contribution in [3.63, 3.8) is 0 Å². The number of anilines is 1. The summed E-state index contributed by atoms with van der Waals surface area (Å²) in [6.45, 7) is 8.45. The van der Waals surface area contributed by atoms with E-state index in [0.717, 1.165) is 37.7 Å². The maximum atomic E-state index is 13.5. The molecule has 170 valence electrons. The molecule has 0 radical (unpaired) electrons. The van der Waals surface area contributed by atoms with Crippen LogP contribution >= 0.6 is 11.9 Å². The minimum atomic E-state index is -4.34. The van der Waals surface area contributed by atoms with Gasteiger partial charge in [0.05, 0.1) is 5.56 Å². The van der Waals surface area contributed by atoms with Crippen molar-refractivity contribution in [3.8, 4) is 0 Å². The lowest BCUT2D eigenvalue weighted by molar-refractivity contribution is -0.138. The van der Waals surface area contributed by atoms with E-state index in [1.807, 2.05) is 23.6 Å². The van der Waals surface area contributed by atoms with Crippen molar-refractivity contribution in [3.05, 3.63) is 47.3 Å². The zero-order valence-corrected chi connectivity index (χ0v) is 19.4. The Kier molecular flexibility index (Phi) is 7.86. The van der Waals surface area contributed by atoms with Gasteiger partial charge in [0.25, 0.3) is 0 Å². The molecule has 1 aliphatic heterocycles. The first kappa shape index (κ1) is 23.9. The van der Waals surface area contributed by atoms with Gasteiger partial charge in [-0.15, -0.1) is 0 Å². The number of halogens is 3. The van der Waals surface area contributed by atoms with E-state index in [1.54, 1.807) is 26.0 Å². The van der Waals surface area contributed by atoms with Crippen molar-refractivity contribution in [2.75, 3.05) is 31.6 Å². The second-order valence-corrected chi connectivity index (χ2v) is 9.79. The highest BCUT2D eigenvalue weighted by Gasteiger charge is 2.34. The van der Waals surface area contributed by atoms with E-state index in [9.17, 15) is 13.2 Å². The highest BCUT2D eigenvalue weighted by Crippen LogP contribution is 2.38. The van der Waals surface area contributed by atoms with Crippen molar-refractivity contribution in [1.29, 1.82) is 0 Å². The van der Waals surface area contributed by atoms with Gasteiger partial charge in [0.15, 0.2) is 0 Å². The van der Waals surface area contributed by atoms with Crippen molar-refractivity contribution in [1.82, 2.24) is 14.3 Å². The minimum absolute atomic E-state index is 0.174. The minimum Gasteiger partial charge on any atom is -0.341 e. The molecule has 31 heavy (non-hydrogen) atoms. The van der Waals surface area contributed by atoms with Gasteiger partial charge in [-0.25, -0.2) is 14.3 Å². The Hall–Kier alpha value is -1.80. The lowest BCUT2D eigenvalue weighted by Crippen LogP contribution is -2.21. The topological polar surface area (TPSA) is 32.3 Å². The van der Waals surface area contributed by atoms with E-state index < -0.39 is 11.7 Å². The lowest BCUT2D eigenvalue weighted by Gasteiger charge is -2.21.